The molecule has 2 aromatic rings. The van der Waals surface area contributed by atoms with Crippen molar-refractivity contribution in [2.45, 2.75) is 19.4 Å². The highest BCUT2D eigenvalue weighted by molar-refractivity contribution is 5.78. The van der Waals surface area contributed by atoms with E-state index < -0.39 is 0 Å². The summed E-state index contributed by atoms with van der Waals surface area (Å²) in [6, 6.07) is 13.2. The first kappa shape index (κ1) is 14.7. The predicted molar refractivity (Wildman–Crippen MR) is 86.2 cm³/mol. The average Bonchev–Trinajstić information content (AvgIpc) is 3.03. The van der Waals surface area contributed by atoms with Gasteiger partial charge in [0, 0.05) is 30.3 Å². The third-order valence-corrected chi connectivity index (χ3v) is 4.01. The van der Waals surface area contributed by atoms with Crippen molar-refractivity contribution in [2.75, 3.05) is 19.6 Å². The van der Waals surface area contributed by atoms with Gasteiger partial charge in [0.25, 0.3) is 0 Å². The fourth-order valence-electron chi connectivity index (χ4n) is 2.76. The van der Waals surface area contributed by atoms with E-state index in [1.54, 1.807) is 6.07 Å². The van der Waals surface area contributed by atoms with Gasteiger partial charge in [-0.2, -0.15) is 0 Å². The molecule has 0 saturated carbocycles. The first-order valence-corrected chi connectivity index (χ1v) is 7.70. The van der Waals surface area contributed by atoms with Gasteiger partial charge >= 0.3 is 0 Å². The lowest BCUT2D eigenvalue weighted by molar-refractivity contribution is 0.112. The second-order valence-electron chi connectivity index (χ2n) is 5.53. The van der Waals surface area contributed by atoms with Gasteiger partial charge in [-0.15, -0.1) is 0 Å². The minimum absolute atomic E-state index is 0.212. The van der Waals surface area contributed by atoms with Crippen molar-refractivity contribution in [2.24, 2.45) is 0 Å². The van der Waals surface area contributed by atoms with Crippen LogP contribution in [0.1, 0.15) is 23.7 Å². The molecule has 114 valence electrons. The number of aldehydes is 1. The number of carbonyl (C=O) groups is 1. The number of pyridine rings is 1. The van der Waals surface area contributed by atoms with Crippen molar-refractivity contribution >= 4 is 6.29 Å². The summed E-state index contributed by atoms with van der Waals surface area (Å²) in [5.41, 5.74) is 2.41. The van der Waals surface area contributed by atoms with E-state index in [2.05, 4.69) is 16.8 Å². The molecule has 1 aliphatic rings. The molecule has 1 unspecified atom stereocenters. The van der Waals surface area contributed by atoms with E-state index in [4.69, 9.17) is 4.74 Å². The zero-order valence-corrected chi connectivity index (χ0v) is 12.7. The maximum Gasteiger partial charge on any atom is 0.214 e. The number of rotatable bonds is 5. The monoisotopic (exact) mass is 296 g/mol. The Morgan fingerprint density at radius 2 is 2.18 bits per heavy atom. The molecule has 1 aromatic carbocycles. The summed E-state index contributed by atoms with van der Waals surface area (Å²) in [4.78, 5) is 17.8. The van der Waals surface area contributed by atoms with Crippen LogP contribution in [-0.4, -0.2) is 41.9 Å². The predicted octanol–water partition coefficient (Wildman–Crippen LogP) is 3.03. The van der Waals surface area contributed by atoms with Gasteiger partial charge in [0.1, 0.15) is 12.4 Å². The van der Waals surface area contributed by atoms with Gasteiger partial charge in [-0.1, -0.05) is 31.2 Å². The topological polar surface area (TPSA) is 42.4 Å². The lowest BCUT2D eigenvalue weighted by atomic mass is 10.1. The van der Waals surface area contributed by atoms with Crippen molar-refractivity contribution in [1.29, 1.82) is 0 Å². The normalized spacial score (nSPS) is 18.3. The summed E-state index contributed by atoms with van der Waals surface area (Å²) < 4.78 is 6.00. The molecule has 0 N–H and O–H groups in total. The average molecular weight is 296 g/mol. The first-order chi connectivity index (χ1) is 10.8. The summed E-state index contributed by atoms with van der Waals surface area (Å²) >= 11 is 0. The van der Waals surface area contributed by atoms with Crippen LogP contribution < -0.4 is 4.74 Å². The summed E-state index contributed by atoms with van der Waals surface area (Å²) in [5.74, 6) is 0.650. The van der Waals surface area contributed by atoms with Crippen molar-refractivity contribution in [3.8, 4) is 17.1 Å². The molecule has 4 nitrogen and oxygen atoms in total. The Hall–Kier alpha value is -2.20. The maximum atomic E-state index is 10.9. The molecule has 0 amide bonds. The van der Waals surface area contributed by atoms with E-state index >= 15 is 0 Å². The Morgan fingerprint density at radius 1 is 1.32 bits per heavy atom. The van der Waals surface area contributed by atoms with Crippen LogP contribution in [0.5, 0.6) is 5.88 Å². The van der Waals surface area contributed by atoms with Crippen LogP contribution in [0.4, 0.5) is 0 Å². The molecule has 1 fully saturated rings. The number of ether oxygens (including phenoxy) is 1. The van der Waals surface area contributed by atoms with Crippen LogP contribution in [0, 0.1) is 0 Å². The van der Waals surface area contributed by atoms with Gasteiger partial charge in [0.15, 0.2) is 0 Å². The molecular weight excluding hydrogens is 276 g/mol. The lowest BCUT2D eigenvalue weighted by Gasteiger charge is -2.15. The minimum atomic E-state index is 0.212. The van der Waals surface area contributed by atoms with E-state index in [1.165, 1.54) is 0 Å². The SMILES string of the molecule is CCN1CCC(Oc2cccc(-c3cccc(C=O)c3)n2)C1. The van der Waals surface area contributed by atoms with Crippen LogP contribution in [0.3, 0.4) is 0 Å². The second-order valence-corrected chi connectivity index (χ2v) is 5.53. The van der Waals surface area contributed by atoms with Crippen molar-refractivity contribution in [1.82, 2.24) is 9.88 Å². The second kappa shape index (κ2) is 6.71. The van der Waals surface area contributed by atoms with Gasteiger partial charge in [0.2, 0.25) is 5.88 Å². The fraction of sp³-hybridized carbons (Fsp3) is 0.333. The molecule has 4 heteroatoms. The largest absolute Gasteiger partial charge is 0.473 e. The van der Waals surface area contributed by atoms with E-state index in [-0.39, 0.29) is 6.10 Å². The molecule has 22 heavy (non-hydrogen) atoms. The Bertz CT molecular complexity index is 657. The fourth-order valence-corrected chi connectivity index (χ4v) is 2.76. The summed E-state index contributed by atoms with van der Waals surface area (Å²) in [7, 11) is 0. The molecule has 3 rings (SSSR count). The standard InChI is InChI=1S/C18H20N2O2/c1-2-20-10-9-16(12-20)22-18-8-4-7-17(19-18)15-6-3-5-14(11-15)13-21/h3-8,11,13,16H,2,9-10,12H2,1H3. The first-order valence-electron chi connectivity index (χ1n) is 7.70. The van der Waals surface area contributed by atoms with Crippen LogP contribution >= 0.6 is 0 Å². The van der Waals surface area contributed by atoms with E-state index in [0.717, 1.165) is 43.6 Å². The zero-order valence-electron chi connectivity index (χ0n) is 12.7. The molecular formula is C18H20N2O2. The van der Waals surface area contributed by atoms with Crippen molar-refractivity contribution in [3.63, 3.8) is 0 Å². The Balaban J connectivity index is 1.76. The Kier molecular flexibility index (Phi) is 4.49. The molecule has 0 aliphatic carbocycles. The van der Waals surface area contributed by atoms with Crippen molar-refractivity contribution < 1.29 is 9.53 Å². The number of nitrogens with zero attached hydrogens (tertiary/aromatic N) is 2. The quantitative estimate of drug-likeness (QED) is 0.795. The summed E-state index contributed by atoms with van der Waals surface area (Å²) in [6.07, 6.45) is 2.10. The number of aromatic nitrogens is 1. The van der Waals surface area contributed by atoms with Crippen LogP contribution in [0.15, 0.2) is 42.5 Å². The van der Waals surface area contributed by atoms with Gasteiger partial charge < -0.3 is 4.74 Å². The number of likely N-dealkylation sites (N-methyl/N-ethyl adjacent to an activating group) is 1. The van der Waals surface area contributed by atoms with E-state index in [1.807, 2.05) is 36.4 Å². The van der Waals surface area contributed by atoms with Gasteiger partial charge in [-0.05, 0) is 25.1 Å². The summed E-state index contributed by atoms with van der Waals surface area (Å²) in [5, 5.41) is 0. The lowest BCUT2D eigenvalue weighted by Crippen LogP contribution is -2.24. The van der Waals surface area contributed by atoms with Crippen molar-refractivity contribution in [3.05, 3.63) is 48.0 Å². The highest BCUT2D eigenvalue weighted by atomic mass is 16.5. The van der Waals surface area contributed by atoms with Gasteiger partial charge in [-0.3, -0.25) is 9.69 Å². The number of hydrogen-bond donors (Lipinski definition) is 0. The number of hydrogen-bond acceptors (Lipinski definition) is 4. The molecule has 0 radical (unpaired) electrons. The number of benzene rings is 1. The maximum absolute atomic E-state index is 10.9. The molecule has 1 aromatic heterocycles. The molecule has 0 spiro atoms. The molecule has 2 heterocycles. The number of carbonyl (C=O) groups excluding carboxylic acids is 1. The summed E-state index contributed by atoms with van der Waals surface area (Å²) in [6.45, 7) is 5.28. The highest BCUT2D eigenvalue weighted by Crippen LogP contribution is 2.22. The zero-order chi connectivity index (χ0) is 15.4. The van der Waals surface area contributed by atoms with E-state index in [0.29, 0.717) is 11.4 Å². The molecule has 1 aliphatic heterocycles. The molecule has 0 bridgehead atoms. The van der Waals surface area contributed by atoms with Crippen LogP contribution in [0.2, 0.25) is 0 Å². The van der Waals surface area contributed by atoms with Gasteiger partial charge in [0.05, 0.1) is 5.69 Å². The minimum Gasteiger partial charge on any atom is -0.473 e. The Labute approximate surface area is 130 Å². The third kappa shape index (κ3) is 3.34. The van der Waals surface area contributed by atoms with E-state index in [9.17, 15) is 4.79 Å². The number of likely N-dealkylation sites (tertiary alicyclic amines) is 1. The molecule has 1 saturated heterocycles. The van der Waals surface area contributed by atoms with Crippen LogP contribution in [0.25, 0.3) is 11.3 Å². The molecule has 1 atom stereocenters. The highest BCUT2D eigenvalue weighted by Gasteiger charge is 2.22. The smallest absolute Gasteiger partial charge is 0.214 e. The Morgan fingerprint density at radius 3 is 2.95 bits per heavy atom. The van der Waals surface area contributed by atoms with Crippen LogP contribution in [-0.2, 0) is 0 Å². The third-order valence-electron chi connectivity index (χ3n) is 4.01. The van der Waals surface area contributed by atoms with Gasteiger partial charge in [-0.25, -0.2) is 4.98 Å².